The van der Waals surface area contributed by atoms with Gasteiger partial charge in [-0.25, -0.2) is 8.78 Å². The second-order valence-electron chi connectivity index (χ2n) is 3.16. The van der Waals surface area contributed by atoms with Crippen molar-refractivity contribution in [2.24, 2.45) is 0 Å². The predicted octanol–water partition coefficient (Wildman–Crippen LogP) is 2.54. The lowest BCUT2D eigenvalue weighted by molar-refractivity contribution is -0.137. The Balaban J connectivity index is 2.93. The first kappa shape index (κ1) is 10.6. The van der Waals surface area contributed by atoms with Gasteiger partial charge in [-0.3, -0.25) is 4.79 Å². The number of benzene rings is 1. The molecule has 0 aliphatic carbocycles. The number of aliphatic carboxylic acids is 1. The molecule has 0 aliphatic heterocycles. The number of rotatable bonds is 3. The molecule has 0 saturated heterocycles. The van der Waals surface area contributed by atoms with E-state index < -0.39 is 23.5 Å². The zero-order chi connectivity index (χ0) is 10.7. The Labute approximate surface area is 80.2 Å². The largest absolute Gasteiger partial charge is 0.481 e. The van der Waals surface area contributed by atoms with Gasteiger partial charge in [-0.2, -0.15) is 0 Å². The lowest BCUT2D eigenvalue weighted by atomic mass is 9.97. The Bertz CT molecular complexity index is 350. The molecule has 1 unspecified atom stereocenters. The molecule has 0 heterocycles. The number of hydrogen-bond acceptors (Lipinski definition) is 1. The van der Waals surface area contributed by atoms with E-state index in [4.69, 9.17) is 5.11 Å². The zero-order valence-electron chi connectivity index (χ0n) is 7.63. The van der Waals surface area contributed by atoms with Crippen molar-refractivity contribution >= 4 is 5.97 Å². The summed E-state index contributed by atoms with van der Waals surface area (Å²) in [6.45, 7) is 1.55. The normalized spacial score (nSPS) is 12.5. The second-order valence-corrected chi connectivity index (χ2v) is 3.16. The molecule has 76 valence electrons. The van der Waals surface area contributed by atoms with Crippen molar-refractivity contribution in [3.05, 3.63) is 35.4 Å². The standard InChI is InChI=1S/C10H10F2O2/c1-6(4-10(13)14)8-5-7(11)2-3-9(8)12/h2-3,5-6H,4H2,1H3,(H,13,14). The van der Waals surface area contributed by atoms with E-state index >= 15 is 0 Å². The van der Waals surface area contributed by atoms with Crippen molar-refractivity contribution in [3.63, 3.8) is 0 Å². The summed E-state index contributed by atoms with van der Waals surface area (Å²) >= 11 is 0. The molecule has 0 bridgehead atoms. The molecule has 0 aliphatic rings. The highest BCUT2D eigenvalue weighted by atomic mass is 19.1. The van der Waals surface area contributed by atoms with Gasteiger partial charge in [-0.15, -0.1) is 0 Å². The van der Waals surface area contributed by atoms with Gasteiger partial charge in [0.05, 0.1) is 6.42 Å². The van der Waals surface area contributed by atoms with Crippen molar-refractivity contribution in [1.82, 2.24) is 0 Å². The van der Waals surface area contributed by atoms with Gasteiger partial charge in [0.1, 0.15) is 11.6 Å². The minimum atomic E-state index is -1.03. The first-order valence-electron chi connectivity index (χ1n) is 4.17. The van der Waals surface area contributed by atoms with Crippen LogP contribution < -0.4 is 0 Å². The molecule has 1 atom stereocenters. The number of carbonyl (C=O) groups is 1. The monoisotopic (exact) mass is 200 g/mol. The molecule has 0 spiro atoms. The molecular formula is C10H10F2O2. The maximum atomic E-state index is 13.1. The lowest BCUT2D eigenvalue weighted by Gasteiger charge is -2.09. The predicted molar refractivity (Wildman–Crippen MR) is 47.0 cm³/mol. The highest BCUT2D eigenvalue weighted by Gasteiger charge is 2.14. The van der Waals surface area contributed by atoms with Crippen LogP contribution in [0.1, 0.15) is 24.8 Å². The van der Waals surface area contributed by atoms with E-state index in [0.29, 0.717) is 0 Å². The van der Waals surface area contributed by atoms with Crippen molar-refractivity contribution in [2.45, 2.75) is 19.3 Å². The van der Waals surface area contributed by atoms with Crippen LogP contribution in [0.4, 0.5) is 8.78 Å². The van der Waals surface area contributed by atoms with Crippen LogP contribution in [0.2, 0.25) is 0 Å². The van der Waals surface area contributed by atoms with E-state index in [1.165, 1.54) is 0 Å². The first-order valence-corrected chi connectivity index (χ1v) is 4.17. The fourth-order valence-corrected chi connectivity index (χ4v) is 1.26. The fraction of sp³-hybridized carbons (Fsp3) is 0.300. The molecule has 0 radical (unpaired) electrons. The Kier molecular flexibility index (Phi) is 3.17. The highest BCUT2D eigenvalue weighted by Crippen LogP contribution is 2.22. The molecule has 1 rings (SSSR count). The van der Waals surface area contributed by atoms with E-state index in [-0.39, 0.29) is 12.0 Å². The summed E-state index contributed by atoms with van der Waals surface area (Å²) in [5.41, 5.74) is 0.104. The zero-order valence-corrected chi connectivity index (χ0v) is 7.63. The third kappa shape index (κ3) is 2.52. The summed E-state index contributed by atoms with van der Waals surface area (Å²) in [6, 6.07) is 3.04. The number of carboxylic acid groups (broad SMARTS) is 1. The Morgan fingerprint density at radius 1 is 1.50 bits per heavy atom. The molecule has 0 fully saturated rings. The summed E-state index contributed by atoms with van der Waals surface area (Å²) in [4.78, 5) is 10.4. The Morgan fingerprint density at radius 2 is 2.14 bits per heavy atom. The summed E-state index contributed by atoms with van der Waals surface area (Å²) in [5.74, 6) is -2.68. The van der Waals surface area contributed by atoms with E-state index in [1.807, 2.05) is 0 Å². The van der Waals surface area contributed by atoms with Crippen LogP contribution in [0.3, 0.4) is 0 Å². The van der Waals surface area contributed by atoms with Gasteiger partial charge in [-0.05, 0) is 29.7 Å². The van der Waals surface area contributed by atoms with Gasteiger partial charge in [0.2, 0.25) is 0 Å². The van der Waals surface area contributed by atoms with Crippen LogP contribution in [-0.4, -0.2) is 11.1 Å². The van der Waals surface area contributed by atoms with Gasteiger partial charge in [0.25, 0.3) is 0 Å². The van der Waals surface area contributed by atoms with Crippen LogP contribution in [-0.2, 0) is 4.79 Å². The minimum absolute atomic E-state index is 0.104. The van der Waals surface area contributed by atoms with Crippen molar-refractivity contribution in [1.29, 1.82) is 0 Å². The van der Waals surface area contributed by atoms with Crippen LogP contribution in [0.25, 0.3) is 0 Å². The van der Waals surface area contributed by atoms with Gasteiger partial charge < -0.3 is 5.11 Å². The average Bonchev–Trinajstić information content (AvgIpc) is 2.08. The van der Waals surface area contributed by atoms with Crippen molar-refractivity contribution in [3.8, 4) is 0 Å². The van der Waals surface area contributed by atoms with E-state index in [2.05, 4.69) is 0 Å². The number of hydrogen-bond donors (Lipinski definition) is 1. The summed E-state index contributed by atoms with van der Waals surface area (Å²) < 4.78 is 25.8. The van der Waals surface area contributed by atoms with Crippen LogP contribution in [0.5, 0.6) is 0 Å². The van der Waals surface area contributed by atoms with Gasteiger partial charge in [0.15, 0.2) is 0 Å². The van der Waals surface area contributed by atoms with E-state index in [9.17, 15) is 13.6 Å². The summed E-state index contributed by atoms with van der Waals surface area (Å²) in [5, 5.41) is 8.49. The molecular weight excluding hydrogens is 190 g/mol. The molecule has 4 heteroatoms. The maximum absolute atomic E-state index is 13.1. The average molecular weight is 200 g/mol. The number of halogens is 2. The SMILES string of the molecule is CC(CC(=O)O)c1cc(F)ccc1F. The maximum Gasteiger partial charge on any atom is 0.303 e. The van der Waals surface area contributed by atoms with Crippen LogP contribution in [0, 0.1) is 11.6 Å². The molecule has 1 aromatic rings. The lowest BCUT2D eigenvalue weighted by Crippen LogP contribution is -2.05. The third-order valence-electron chi connectivity index (χ3n) is 1.97. The van der Waals surface area contributed by atoms with E-state index in [0.717, 1.165) is 18.2 Å². The first-order chi connectivity index (χ1) is 6.50. The molecule has 1 aromatic carbocycles. The molecule has 2 nitrogen and oxygen atoms in total. The van der Waals surface area contributed by atoms with Gasteiger partial charge in [-0.1, -0.05) is 6.92 Å². The molecule has 0 amide bonds. The minimum Gasteiger partial charge on any atom is -0.481 e. The Hall–Kier alpha value is -1.45. The molecule has 14 heavy (non-hydrogen) atoms. The molecule has 0 aromatic heterocycles. The fourth-order valence-electron chi connectivity index (χ4n) is 1.26. The van der Waals surface area contributed by atoms with Crippen LogP contribution in [0.15, 0.2) is 18.2 Å². The highest BCUT2D eigenvalue weighted by molar-refractivity contribution is 5.67. The summed E-state index contributed by atoms with van der Waals surface area (Å²) in [6.07, 6.45) is -0.208. The van der Waals surface area contributed by atoms with Crippen molar-refractivity contribution in [2.75, 3.05) is 0 Å². The van der Waals surface area contributed by atoms with Gasteiger partial charge in [0, 0.05) is 0 Å². The molecule has 0 saturated carbocycles. The smallest absolute Gasteiger partial charge is 0.303 e. The van der Waals surface area contributed by atoms with E-state index in [1.54, 1.807) is 6.92 Å². The quantitative estimate of drug-likeness (QED) is 0.814. The van der Waals surface area contributed by atoms with Crippen LogP contribution >= 0.6 is 0 Å². The third-order valence-corrected chi connectivity index (χ3v) is 1.97. The second kappa shape index (κ2) is 4.17. The number of carboxylic acids is 1. The van der Waals surface area contributed by atoms with Crippen molar-refractivity contribution < 1.29 is 18.7 Å². The molecule has 1 N–H and O–H groups in total. The Morgan fingerprint density at radius 3 is 2.71 bits per heavy atom. The van der Waals surface area contributed by atoms with Gasteiger partial charge >= 0.3 is 5.97 Å². The topological polar surface area (TPSA) is 37.3 Å². The summed E-state index contributed by atoms with van der Waals surface area (Å²) in [7, 11) is 0.